The highest BCUT2D eigenvalue weighted by atomic mass is 35.5. The molecule has 1 saturated heterocycles. The summed E-state index contributed by atoms with van der Waals surface area (Å²) in [6, 6.07) is 5.16. The number of aliphatic hydroxyl groups is 1. The molecule has 1 aliphatic rings. The van der Waals surface area contributed by atoms with Crippen LogP contribution in [0.3, 0.4) is 0 Å². The Morgan fingerprint density at radius 2 is 2.32 bits per heavy atom. The van der Waals surface area contributed by atoms with Crippen LogP contribution in [0.1, 0.15) is 29.3 Å². The largest absolute Gasteiger partial charge is 0.393 e. The standard InChI is InChI=1S/C14H19ClN2O2/c1-9-7-17(5-4-13(9)18)8-11-3-2-10(14(16)19)6-12(11)15/h2-3,6,9,13,18H,4-5,7-8H2,1H3,(H2,16,19). The monoisotopic (exact) mass is 282 g/mol. The van der Waals surface area contributed by atoms with Gasteiger partial charge in [0.05, 0.1) is 6.10 Å². The summed E-state index contributed by atoms with van der Waals surface area (Å²) in [6.07, 6.45) is 0.585. The first kappa shape index (κ1) is 14.3. The molecule has 104 valence electrons. The molecule has 0 radical (unpaired) electrons. The molecule has 1 aromatic rings. The van der Waals surface area contributed by atoms with Gasteiger partial charge in [-0.3, -0.25) is 9.69 Å². The summed E-state index contributed by atoms with van der Waals surface area (Å²) >= 11 is 6.17. The van der Waals surface area contributed by atoms with Crippen LogP contribution in [0.15, 0.2) is 18.2 Å². The van der Waals surface area contributed by atoms with Gasteiger partial charge < -0.3 is 10.8 Å². The summed E-state index contributed by atoms with van der Waals surface area (Å²) < 4.78 is 0. The van der Waals surface area contributed by atoms with Crippen LogP contribution in [-0.2, 0) is 6.54 Å². The predicted molar refractivity (Wildman–Crippen MR) is 75.0 cm³/mol. The van der Waals surface area contributed by atoms with E-state index in [1.54, 1.807) is 12.1 Å². The van der Waals surface area contributed by atoms with Crippen molar-refractivity contribution in [3.05, 3.63) is 34.3 Å². The minimum Gasteiger partial charge on any atom is -0.393 e. The first-order chi connectivity index (χ1) is 8.97. The highest BCUT2D eigenvalue weighted by molar-refractivity contribution is 6.31. The lowest BCUT2D eigenvalue weighted by Gasteiger charge is -2.34. The van der Waals surface area contributed by atoms with Gasteiger partial charge >= 0.3 is 0 Å². The van der Waals surface area contributed by atoms with Crippen molar-refractivity contribution in [2.45, 2.75) is 26.0 Å². The van der Waals surface area contributed by atoms with Gasteiger partial charge in [-0.2, -0.15) is 0 Å². The number of likely N-dealkylation sites (tertiary alicyclic amines) is 1. The zero-order valence-corrected chi connectivity index (χ0v) is 11.7. The lowest BCUT2D eigenvalue weighted by Crippen LogP contribution is -2.41. The Bertz CT molecular complexity index is 479. The number of amides is 1. The second kappa shape index (κ2) is 5.90. The number of piperidine rings is 1. The molecule has 1 aliphatic heterocycles. The molecule has 0 saturated carbocycles. The molecule has 1 fully saturated rings. The van der Waals surface area contributed by atoms with E-state index in [1.807, 2.05) is 6.07 Å². The number of benzene rings is 1. The normalized spacial score (nSPS) is 24.4. The third-order valence-electron chi connectivity index (χ3n) is 3.68. The van der Waals surface area contributed by atoms with Crippen LogP contribution < -0.4 is 5.73 Å². The molecule has 1 aromatic carbocycles. The highest BCUT2D eigenvalue weighted by Gasteiger charge is 2.24. The second-order valence-electron chi connectivity index (χ2n) is 5.24. The Morgan fingerprint density at radius 1 is 1.58 bits per heavy atom. The molecular formula is C14H19ClN2O2. The molecule has 2 rings (SSSR count). The molecule has 0 bridgehead atoms. The number of nitrogens with two attached hydrogens (primary N) is 1. The molecule has 0 spiro atoms. The maximum Gasteiger partial charge on any atom is 0.248 e. The average Bonchev–Trinajstić information content (AvgIpc) is 2.36. The quantitative estimate of drug-likeness (QED) is 0.886. The molecule has 1 amide bonds. The van der Waals surface area contributed by atoms with Crippen molar-refractivity contribution in [2.24, 2.45) is 11.7 Å². The summed E-state index contributed by atoms with van der Waals surface area (Å²) in [7, 11) is 0. The van der Waals surface area contributed by atoms with E-state index < -0.39 is 5.91 Å². The van der Waals surface area contributed by atoms with Crippen molar-refractivity contribution in [3.8, 4) is 0 Å². The van der Waals surface area contributed by atoms with Crippen LogP contribution in [0.4, 0.5) is 0 Å². The van der Waals surface area contributed by atoms with E-state index in [0.717, 1.165) is 31.6 Å². The van der Waals surface area contributed by atoms with Crippen LogP contribution in [-0.4, -0.2) is 35.1 Å². The van der Waals surface area contributed by atoms with E-state index in [4.69, 9.17) is 17.3 Å². The summed E-state index contributed by atoms with van der Waals surface area (Å²) in [5.74, 6) is -0.194. The van der Waals surface area contributed by atoms with E-state index in [9.17, 15) is 9.90 Å². The Hall–Kier alpha value is -1.10. The fraction of sp³-hybridized carbons (Fsp3) is 0.500. The Labute approximate surface area is 118 Å². The zero-order valence-electron chi connectivity index (χ0n) is 11.0. The number of aliphatic hydroxyl groups excluding tert-OH is 1. The van der Waals surface area contributed by atoms with E-state index in [2.05, 4.69) is 11.8 Å². The third kappa shape index (κ3) is 3.47. The van der Waals surface area contributed by atoms with Crippen molar-refractivity contribution in [1.29, 1.82) is 0 Å². The second-order valence-corrected chi connectivity index (χ2v) is 5.65. The minimum atomic E-state index is -0.469. The summed E-state index contributed by atoms with van der Waals surface area (Å²) in [6.45, 7) is 4.50. The van der Waals surface area contributed by atoms with Gasteiger partial charge in [0, 0.05) is 30.2 Å². The lowest BCUT2D eigenvalue weighted by molar-refractivity contribution is 0.0320. The number of primary amides is 1. The number of hydrogen-bond acceptors (Lipinski definition) is 3. The van der Waals surface area contributed by atoms with Gasteiger partial charge in [-0.15, -0.1) is 0 Å². The summed E-state index contributed by atoms with van der Waals surface area (Å²) in [4.78, 5) is 13.3. The van der Waals surface area contributed by atoms with Gasteiger partial charge in [0.25, 0.3) is 0 Å². The predicted octanol–water partition coefficient (Wildman–Crippen LogP) is 1.64. The fourth-order valence-electron chi connectivity index (χ4n) is 2.43. The van der Waals surface area contributed by atoms with Crippen LogP contribution in [0, 0.1) is 5.92 Å². The molecule has 2 atom stereocenters. The average molecular weight is 283 g/mol. The van der Waals surface area contributed by atoms with Crippen molar-refractivity contribution in [3.63, 3.8) is 0 Å². The Balaban J connectivity index is 2.05. The number of rotatable bonds is 3. The van der Waals surface area contributed by atoms with Gasteiger partial charge in [-0.25, -0.2) is 0 Å². The van der Waals surface area contributed by atoms with E-state index in [0.29, 0.717) is 10.6 Å². The smallest absolute Gasteiger partial charge is 0.248 e. The SMILES string of the molecule is CC1CN(Cc2ccc(C(N)=O)cc2Cl)CCC1O. The Kier molecular flexibility index (Phi) is 4.45. The van der Waals surface area contributed by atoms with Gasteiger partial charge in [0.15, 0.2) is 0 Å². The summed E-state index contributed by atoms with van der Waals surface area (Å²) in [5, 5.41) is 10.3. The maximum atomic E-state index is 11.1. The molecule has 2 unspecified atom stereocenters. The maximum absolute atomic E-state index is 11.1. The minimum absolute atomic E-state index is 0.205. The molecule has 0 aromatic heterocycles. The van der Waals surface area contributed by atoms with Crippen molar-refractivity contribution < 1.29 is 9.90 Å². The highest BCUT2D eigenvalue weighted by Crippen LogP contribution is 2.23. The third-order valence-corrected chi connectivity index (χ3v) is 4.03. The topological polar surface area (TPSA) is 66.6 Å². The summed E-state index contributed by atoms with van der Waals surface area (Å²) in [5.41, 5.74) is 6.62. The van der Waals surface area contributed by atoms with E-state index in [1.165, 1.54) is 0 Å². The number of carbonyl (C=O) groups excluding carboxylic acids is 1. The van der Waals surface area contributed by atoms with Gasteiger partial charge in [-0.05, 0) is 30.0 Å². The number of carbonyl (C=O) groups is 1. The van der Waals surface area contributed by atoms with Crippen LogP contribution in [0.2, 0.25) is 5.02 Å². The van der Waals surface area contributed by atoms with Crippen LogP contribution in [0.5, 0.6) is 0 Å². The van der Waals surface area contributed by atoms with Crippen LogP contribution in [0.25, 0.3) is 0 Å². The molecule has 4 nitrogen and oxygen atoms in total. The molecule has 0 aliphatic carbocycles. The van der Waals surface area contributed by atoms with Crippen molar-refractivity contribution in [1.82, 2.24) is 4.90 Å². The lowest BCUT2D eigenvalue weighted by atomic mass is 9.96. The van der Waals surface area contributed by atoms with Crippen molar-refractivity contribution in [2.75, 3.05) is 13.1 Å². The molecule has 3 N–H and O–H groups in total. The Morgan fingerprint density at radius 3 is 2.89 bits per heavy atom. The zero-order chi connectivity index (χ0) is 14.0. The van der Waals surface area contributed by atoms with Gasteiger partial charge in [-0.1, -0.05) is 24.6 Å². The molecule has 1 heterocycles. The number of nitrogens with zero attached hydrogens (tertiary/aromatic N) is 1. The molecular weight excluding hydrogens is 264 g/mol. The first-order valence-electron chi connectivity index (χ1n) is 6.46. The van der Waals surface area contributed by atoms with E-state index in [-0.39, 0.29) is 12.0 Å². The van der Waals surface area contributed by atoms with Crippen LogP contribution >= 0.6 is 11.6 Å². The first-order valence-corrected chi connectivity index (χ1v) is 6.84. The molecule has 5 heteroatoms. The van der Waals surface area contributed by atoms with Gasteiger partial charge in [0.1, 0.15) is 0 Å². The number of hydrogen-bond donors (Lipinski definition) is 2. The van der Waals surface area contributed by atoms with E-state index >= 15 is 0 Å². The number of halogens is 1. The van der Waals surface area contributed by atoms with Crippen molar-refractivity contribution >= 4 is 17.5 Å². The fourth-order valence-corrected chi connectivity index (χ4v) is 2.67. The molecule has 19 heavy (non-hydrogen) atoms. The van der Waals surface area contributed by atoms with Gasteiger partial charge in [0.2, 0.25) is 5.91 Å².